The summed E-state index contributed by atoms with van der Waals surface area (Å²) >= 11 is 3.78. The summed E-state index contributed by atoms with van der Waals surface area (Å²) in [6.45, 7) is 7.20. The zero-order valence-electron chi connectivity index (χ0n) is 12.7. The van der Waals surface area contributed by atoms with Crippen molar-refractivity contribution in [1.29, 1.82) is 0 Å². The molecule has 3 rings (SSSR count). The third-order valence-corrected chi connectivity index (χ3v) is 4.93. The van der Waals surface area contributed by atoms with Crippen molar-refractivity contribution in [3.63, 3.8) is 0 Å². The molecule has 22 heavy (non-hydrogen) atoms. The lowest BCUT2D eigenvalue weighted by molar-refractivity contribution is 0.0509. The van der Waals surface area contributed by atoms with Crippen LogP contribution in [0.2, 0.25) is 0 Å². The van der Waals surface area contributed by atoms with Gasteiger partial charge in [0.15, 0.2) is 0 Å². The maximum Gasteiger partial charge on any atom is 0.407 e. The number of halogens is 1. The van der Waals surface area contributed by atoms with Gasteiger partial charge in [-0.2, -0.15) is 4.52 Å². The van der Waals surface area contributed by atoms with E-state index in [1.165, 1.54) is 0 Å². The van der Waals surface area contributed by atoms with E-state index in [-0.39, 0.29) is 12.1 Å². The number of hydrogen-bond donors (Lipinski definition) is 1. The molecule has 1 unspecified atom stereocenters. The van der Waals surface area contributed by atoms with Gasteiger partial charge in [0.25, 0.3) is 0 Å². The van der Waals surface area contributed by atoms with Gasteiger partial charge in [-0.25, -0.2) is 9.78 Å². The van der Waals surface area contributed by atoms with Crippen LogP contribution in [0, 0.1) is 3.70 Å². The number of imidazole rings is 1. The van der Waals surface area contributed by atoms with Gasteiger partial charge in [0.2, 0.25) is 10.1 Å². The Labute approximate surface area is 146 Å². The highest BCUT2D eigenvalue weighted by atomic mass is 127. The Bertz CT molecular complexity index is 692. The Kier molecular flexibility index (Phi) is 4.19. The third kappa shape index (κ3) is 3.45. The predicted molar refractivity (Wildman–Crippen MR) is 93.6 cm³/mol. The Hall–Kier alpha value is -1.10. The van der Waals surface area contributed by atoms with Gasteiger partial charge in [-0.15, -0.1) is 5.10 Å². The van der Waals surface area contributed by atoms with E-state index in [1.807, 2.05) is 25.3 Å². The van der Waals surface area contributed by atoms with Gasteiger partial charge in [-0.05, 0) is 49.8 Å². The first kappa shape index (κ1) is 15.8. The van der Waals surface area contributed by atoms with Crippen molar-refractivity contribution >= 4 is 50.1 Å². The highest BCUT2D eigenvalue weighted by Gasteiger charge is 2.28. The van der Waals surface area contributed by atoms with E-state index in [0.29, 0.717) is 0 Å². The summed E-state index contributed by atoms with van der Waals surface area (Å²) in [6, 6.07) is 0.0881. The van der Waals surface area contributed by atoms with E-state index in [2.05, 4.69) is 42.9 Å². The van der Waals surface area contributed by atoms with Crippen molar-refractivity contribution < 1.29 is 9.53 Å². The van der Waals surface area contributed by atoms with Gasteiger partial charge in [-0.3, -0.25) is 0 Å². The summed E-state index contributed by atoms with van der Waals surface area (Å²) in [7, 11) is 0. The predicted octanol–water partition coefficient (Wildman–Crippen LogP) is 2.50. The van der Waals surface area contributed by atoms with Gasteiger partial charge in [0, 0.05) is 13.1 Å². The van der Waals surface area contributed by atoms with Crippen LogP contribution in [-0.4, -0.2) is 45.4 Å². The van der Waals surface area contributed by atoms with Crippen molar-refractivity contribution in [2.75, 3.05) is 18.0 Å². The number of ether oxygens (including phenoxy) is 1. The van der Waals surface area contributed by atoms with Crippen molar-refractivity contribution in [2.24, 2.45) is 0 Å². The van der Waals surface area contributed by atoms with Crippen LogP contribution in [-0.2, 0) is 4.74 Å². The van der Waals surface area contributed by atoms with E-state index >= 15 is 0 Å². The molecule has 9 heteroatoms. The zero-order valence-corrected chi connectivity index (χ0v) is 15.6. The first-order valence-corrected chi connectivity index (χ1v) is 8.96. The van der Waals surface area contributed by atoms with Gasteiger partial charge in [0.1, 0.15) is 9.30 Å². The first-order valence-electron chi connectivity index (χ1n) is 7.06. The fourth-order valence-corrected chi connectivity index (χ4v) is 3.86. The number of aromatic nitrogens is 3. The fourth-order valence-electron chi connectivity index (χ4n) is 2.31. The molecule has 1 amide bonds. The van der Waals surface area contributed by atoms with Crippen LogP contribution in [0.25, 0.3) is 4.96 Å². The van der Waals surface area contributed by atoms with E-state index in [9.17, 15) is 4.79 Å². The maximum atomic E-state index is 11.8. The normalized spacial score (nSPS) is 18.9. The number of nitrogens with zero attached hydrogens (tertiary/aromatic N) is 4. The van der Waals surface area contributed by atoms with Gasteiger partial charge in [0.05, 0.1) is 12.2 Å². The molecule has 0 aromatic carbocycles. The Morgan fingerprint density at radius 3 is 3.00 bits per heavy atom. The molecule has 7 nitrogen and oxygen atoms in total. The average Bonchev–Trinajstić information content (AvgIpc) is 3.04. The lowest BCUT2D eigenvalue weighted by Gasteiger charge is -2.21. The molecule has 1 atom stereocenters. The average molecular weight is 435 g/mol. The van der Waals surface area contributed by atoms with E-state index < -0.39 is 5.60 Å². The minimum atomic E-state index is -0.473. The molecule has 0 radical (unpaired) electrons. The molecule has 0 bridgehead atoms. The minimum absolute atomic E-state index is 0.0881. The van der Waals surface area contributed by atoms with Crippen LogP contribution in [0.4, 0.5) is 9.93 Å². The fraction of sp³-hybridized carbons (Fsp3) is 0.615. The molecule has 120 valence electrons. The molecule has 0 aliphatic carbocycles. The molecule has 1 fully saturated rings. The Morgan fingerprint density at radius 2 is 2.32 bits per heavy atom. The second-order valence-electron chi connectivity index (χ2n) is 6.24. The molecule has 1 aliphatic rings. The van der Waals surface area contributed by atoms with E-state index in [4.69, 9.17) is 4.74 Å². The number of amides is 1. The molecule has 3 heterocycles. The second-order valence-corrected chi connectivity index (χ2v) is 8.28. The third-order valence-electron chi connectivity index (χ3n) is 3.21. The van der Waals surface area contributed by atoms with Crippen molar-refractivity contribution in [3.8, 4) is 0 Å². The number of alkyl carbamates (subject to hydrolysis) is 1. The minimum Gasteiger partial charge on any atom is -0.444 e. The topological polar surface area (TPSA) is 71.8 Å². The Balaban J connectivity index is 1.61. The Morgan fingerprint density at radius 1 is 1.55 bits per heavy atom. The zero-order chi connectivity index (χ0) is 15.9. The molecule has 0 spiro atoms. The van der Waals surface area contributed by atoms with Gasteiger partial charge < -0.3 is 15.0 Å². The number of fused-ring (bicyclic) bond motifs is 1. The lowest BCUT2D eigenvalue weighted by atomic mass is 10.2. The van der Waals surface area contributed by atoms with Crippen LogP contribution >= 0.6 is 33.9 Å². The van der Waals surface area contributed by atoms with Crippen molar-refractivity contribution in [3.05, 3.63) is 9.90 Å². The number of carbonyl (C=O) groups excluding carboxylic acids is 1. The van der Waals surface area contributed by atoms with Crippen LogP contribution in [0.3, 0.4) is 0 Å². The number of anilines is 1. The largest absolute Gasteiger partial charge is 0.444 e. The molecule has 1 aliphatic heterocycles. The van der Waals surface area contributed by atoms with E-state index in [1.54, 1.807) is 17.5 Å². The first-order chi connectivity index (χ1) is 10.3. The molecule has 1 N–H and O–H groups in total. The molecule has 0 saturated carbocycles. The number of nitrogens with one attached hydrogen (secondary N) is 1. The molecule has 1 saturated heterocycles. The molecule has 2 aromatic rings. The van der Waals surface area contributed by atoms with Crippen LogP contribution in [0.15, 0.2) is 6.20 Å². The monoisotopic (exact) mass is 435 g/mol. The number of rotatable bonds is 2. The highest BCUT2D eigenvalue weighted by Crippen LogP contribution is 2.27. The van der Waals surface area contributed by atoms with E-state index in [0.717, 1.165) is 33.3 Å². The van der Waals surface area contributed by atoms with Crippen LogP contribution in [0.5, 0.6) is 0 Å². The van der Waals surface area contributed by atoms with Crippen molar-refractivity contribution in [1.82, 2.24) is 19.9 Å². The van der Waals surface area contributed by atoms with Gasteiger partial charge >= 0.3 is 6.09 Å². The quantitative estimate of drug-likeness (QED) is 0.735. The van der Waals surface area contributed by atoms with Gasteiger partial charge in [-0.1, -0.05) is 11.3 Å². The summed E-state index contributed by atoms with van der Waals surface area (Å²) in [5, 5.41) is 8.44. The summed E-state index contributed by atoms with van der Waals surface area (Å²) < 4.78 is 8.14. The molecular formula is C13H18IN5O2S. The standard InChI is InChI=1S/C13H18IN5O2S/c1-13(2,3)21-12(20)16-8-4-5-18(7-8)11-17-19-9(14)6-15-10(19)22-11/h6,8H,4-5,7H2,1-3H3,(H,16,20). The summed E-state index contributed by atoms with van der Waals surface area (Å²) in [4.78, 5) is 19.2. The lowest BCUT2D eigenvalue weighted by Crippen LogP contribution is -2.40. The summed E-state index contributed by atoms with van der Waals surface area (Å²) in [5.74, 6) is 0. The van der Waals surface area contributed by atoms with Crippen LogP contribution < -0.4 is 10.2 Å². The van der Waals surface area contributed by atoms with Crippen molar-refractivity contribution in [2.45, 2.75) is 38.8 Å². The maximum absolute atomic E-state index is 11.8. The SMILES string of the molecule is CC(C)(C)OC(=O)NC1CCN(c2nn3c(I)cnc3s2)C1. The number of carbonyl (C=O) groups is 1. The number of hydrogen-bond acceptors (Lipinski definition) is 6. The smallest absolute Gasteiger partial charge is 0.407 e. The van der Waals surface area contributed by atoms with Crippen LogP contribution in [0.1, 0.15) is 27.2 Å². The summed E-state index contributed by atoms with van der Waals surface area (Å²) in [5.41, 5.74) is -0.473. The second kappa shape index (κ2) is 5.84. The molecular weight excluding hydrogens is 417 g/mol. The molecule has 2 aromatic heterocycles. The highest BCUT2D eigenvalue weighted by molar-refractivity contribution is 14.1. The summed E-state index contributed by atoms with van der Waals surface area (Å²) in [6.07, 6.45) is 2.33.